The highest BCUT2D eigenvalue weighted by atomic mass is 35.5. The van der Waals surface area contributed by atoms with Crippen molar-refractivity contribution in [1.29, 1.82) is 0 Å². The highest BCUT2D eigenvalue weighted by Crippen LogP contribution is 2.30. The molecule has 0 fully saturated rings. The Morgan fingerprint density at radius 2 is 1.68 bits per heavy atom. The Balaban J connectivity index is 2.61. The molecule has 0 saturated heterocycles. The molecule has 0 aliphatic carbocycles. The van der Waals surface area contributed by atoms with Crippen molar-refractivity contribution >= 4 is 29.0 Å². The van der Waals surface area contributed by atoms with E-state index in [1.54, 1.807) is 6.07 Å². The van der Waals surface area contributed by atoms with Gasteiger partial charge in [0.15, 0.2) is 0 Å². The molecule has 0 saturated carbocycles. The molecular formula is C14H15Cl2N3. The maximum atomic E-state index is 6.05. The summed E-state index contributed by atoms with van der Waals surface area (Å²) in [5.41, 5.74) is 2.75. The van der Waals surface area contributed by atoms with Crippen molar-refractivity contribution in [3.63, 3.8) is 0 Å². The smallest absolute Gasteiger partial charge is 0.133 e. The third-order valence-electron chi connectivity index (χ3n) is 2.74. The Kier molecular flexibility index (Phi) is 4.27. The second kappa shape index (κ2) is 5.76. The average molecular weight is 296 g/mol. The van der Waals surface area contributed by atoms with Crippen LogP contribution in [0, 0.1) is 13.8 Å². The van der Waals surface area contributed by atoms with Crippen LogP contribution in [0.4, 0.5) is 5.82 Å². The number of aromatic nitrogens is 2. The zero-order chi connectivity index (χ0) is 14.0. The van der Waals surface area contributed by atoms with Gasteiger partial charge in [-0.3, -0.25) is 0 Å². The number of nitrogens with zero attached hydrogens (tertiary/aromatic N) is 2. The fourth-order valence-electron chi connectivity index (χ4n) is 1.94. The number of nitrogens with one attached hydrogen (secondary N) is 1. The monoisotopic (exact) mass is 295 g/mol. The molecule has 19 heavy (non-hydrogen) atoms. The van der Waals surface area contributed by atoms with E-state index in [0.29, 0.717) is 15.9 Å². The minimum Gasteiger partial charge on any atom is -0.370 e. The Labute approximate surface area is 123 Å². The van der Waals surface area contributed by atoms with E-state index >= 15 is 0 Å². The fourth-order valence-corrected chi connectivity index (χ4v) is 2.47. The maximum absolute atomic E-state index is 6.05. The normalized spacial score (nSPS) is 10.6. The van der Waals surface area contributed by atoms with Crippen molar-refractivity contribution in [2.24, 2.45) is 0 Å². The summed E-state index contributed by atoms with van der Waals surface area (Å²) in [6.45, 7) is 6.71. The number of anilines is 1. The minimum absolute atomic E-state index is 0.600. The number of halogens is 2. The molecule has 2 rings (SSSR count). The summed E-state index contributed by atoms with van der Waals surface area (Å²) in [4.78, 5) is 8.90. The van der Waals surface area contributed by atoms with Gasteiger partial charge in [-0.25, -0.2) is 9.97 Å². The van der Waals surface area contributed by atoms with Crippen molar-refractivity contribution in [2.75, 3.05) is 11.9 Å². The average Bonchev–Trinajstić information content (AvgIpc) is 2.32. The van der Waals surface area contributed by atoms with Gasteiger partial charge in [-0.1, -0.05) is 23.2 Å². The zero-order valence-electron chi connectivity index (χ0n) is 11.1. The van der Waals surface area contributed by atoms with Crippen LogP contribution in [0.25, 0.3) is 11.3 Å². The van der Waals surface area contributed by atoms with Gasteiger partial charge in [-0.15, -0.1) is 0 Å². The quantitative estimate of drug-likeness (QED) is 0.906. The Morgan fingerprint density at radius 1 is 1.05 bits per heavy atom. The van der Waals surface area contributed by atoms with Crippen LogP contribution in [0.3, 0.4) is 0 Å². The Hall–Kier alpha value is -1.32. The molecule has 1 aromatic carbocycles. The van der Waals surface area contributed by atoms with Crippen molar-refractivity contribution in [1.82, 2.24) is 9.97 Å². The molecule has 0 aliphatic heterocycles. The van der Waals surface area contributed by atoms with Gasteiger partial charge in [0.05, 0.1) is 5.69 Å². The topological polar surface area (TPSA) is 37.8 Å². The van der Waals surface area contributed by atoms with E-state index in [2.05, 4.69) is 15.3 Å². The molecule has 0 radical (unpaired) electrons. The van der Waals surface area contributed by atoms with Crippen LogP contribution in [0.5, 0.6) is 0 Å². The molecule has 100 valence electrons. The first kappa shape index (κ1) is 14.1. The van der Waals surface area contributed by atoms with E-state index < -0.39 is 0 Å². The molecule has 1 N–H and O–H groups in total. The highest BCUT2D eigenvalue weighted by Gasteiger charge is 2.11. The molecule has 0 atom stereocenters. The molecule has 0 bridgehead atoms. The van der Waals surface area contributed by atoms with Crippen LogP contribution < -0.4 is 5.32 Å². The van der Waals surface area contributed by atoms with E-state index in [-0.39, 0.29) is 0 Å². The van der Waals surface area contributed by atoms with E-state index in [9.17, 15) is 0 Å². The number of aryl methyl sites for hydroxylation is 1. The molecule has 0 aliphatic rings. The molecular weight excluding hydrogens is 281 g/mol. The highest BCUT2D eigenvalue weighted by molar-refractivity contribution is 6.35. The van der Waals surface area contributed by atoms with Crippen LogP contribution >= 0.6 is 23.2 Å². The van der Waals surface area contributed by atoms with Gasteiger partial charge in [0, 0.05) is 27.7 Å². The molecule has 0 spiro atoms. The molecule has 1 heterocycles. The van der Waals surface area contributed by atoms with Gasteiger partial charge < -0.3 is 5.32 Å². The van der Waals surface area contributed by atoms with Gasteiger partial charge in [-0.2, -0.15) is 0 Å². The third-order valence-corrected chi connectivity index (χ3v) is 3.17. The molecule has 3 nitrogen and oxygen atoms in total. The van der Waals surface area contributed by atoms with Crippen molar-refractivity contribution in [3.05, 3.63) is 39.6 Å². The van der Waals surface area contributed by atoms with Gasteiger partial charge in [0.2, 0.25) is 0 Å². The van der Waals surface area contributed by atoms with E-state index in [1.807, 2.05) is 32.9 Å². The summed E-state index contributed by atoms with van der Waals surface area (Å²) in [5.74, 6) is 1.56. The van der Waals surface area contributed by atoms with E-state index in [1.165, 1.54) is 0 Å². The van der Waals surface area contributed by atoms with Crippen LogP contribution in [0.15, 0.2) is 18.2 Å². The maximum Gasteiger partial charge on any atom is 0.133 e. The molecule has 1 aromatic heterocycles. The summed E-state index contributed by atoms with van der Waals surface area (Å²) in [6, 6.07) is 5.43. The summed E-state index contributed by atoms with van der Waals surface area (Å²) in [5, 5.41) is 4.44. The lowest BCUT2D eigenvalue weighted by Gasteiger charge is -2.12. The van der Waals surface area contributed by atoms with Gasteiger partial charge in [-0.05, 0) is 39.0 Å². The van der Waals surface area contributed by atoms with Crippen LogP contribution in [0.1, 0.15) is 18.3 Å². The van der Waals surface area contributed by atoms with Crippen molar-refractivity contribution in [2.45, 2.75) is 20.8 Å². The van der Waals surface area contributed by atoms with Crippen molar-refractivity contribution < 1.29 is 0 Å². The van der Waals surface area contributed by atoms with Gasteiger partial charge >= 0.3 is 0 Å². The summed E-state index contributed by atoms with van der Waals surface area (Å²) < 4.78 is 0. The molecule has 2 aromatic rings. The number of benzene rings is 1. The minimum atomic E-state index is 0.600. The lowest BCUT2D eigenvalue weighted by atomic mass is 10.1. The molecule has 5 heteroatoms. The predicted molar refractivity (Wildman–Crippen MR) is 81.1 cm³/mol. The molecule has 0 unspecified atom stereocenters. The largest absolute Gasteiger partial charge is 0.370 e. The zero-order valence-corrected chi connectivity index (χ0v) is 12.6. The Morgan fingerprint density at radius 3 is 2.26 bits per heavy atom. The van der Waals surface area contributed by atoms with Crippen LogP contribution in [0.2, 0.25) is 10.0 Å². The van der Waals surface area contributed by atoms with Gasteiger partial charge in [0.1, 0.15) is 11.6 Å². The standard InChI is InChI=1S/C14H15Cl2N3/c1-4-17-14-8(2)13(18-9(3)19-14)10-5-11(15)7-12(16)6-10/h5-7H,4H2,1-3H3,(H,17,18,19). The second-order valence-corrected chi connectivity index (χ2v) is 5.15. The number of rotatable bonds is 3. The lowest BCUT2D eigenvalue weighted by molar-refractivity contribution is 1.02. The van der Waals surface area contributed by atoms with E-state index in [0.717, 1.165) is 29.2 Å². The summed E-state index contributed by atoms with van der Waals surface area (Å²) >= 11 is 12.1. The third kappa shape index (κ3) is 3.17. The van der Waals surface area contributed by atoms with Crippen LogP contribution in [-0.2, 0) is 0 Å². The van der Waals surface area contributed by atoms with Crippen molar-refractivity contribution in [3.8, 4) is 11.3 Å². The number of hydrogen-bond donors (Lipinski definition) is 1. The fraction of sp³-hybridized carbons (Fsp3) is 0.286. The summed E-state index contributed by atoms with van der Waals surface area (Å²) in [7, 11) is 0. The Bertz CT molecular complexity index is 592. The van der Waals surface area contributed by atoms with Gasteiger partial charge in [0.25, 0.3) is 0 Å². The first-order chi connectivity index (χ1) is 9.01. The second-order valence-electron chi connectivity index (χ2n) is 4.28. The first-order valence-electron chi connectivity index (χ1n) is 6.07. The number of hydrogen-bond acceptors (Lipinski definition) is 3. The first-order valence-corrected chi connectivity index (χ1v) is 6.82. The van der Waals surface area contributed by atoms with Crippen LogP contribution in [-0.4, -0.2) is 16.5 Å². The SMILES string of the molecule is CCNc1nc(C)nc(-c2cc(Cl)cc(Cl)c2)c1C. The van der Waals surface area contributed by atoms with E-state index in [4.69, 9.17) is 23.2 Å². The predicted octanol–water partition coefficient (Wildman–Crippen LogP) is 4.50. The molecule has 0 amide bonds. The lowest BCUT2D eigenvalue weighted by Crippen LogP contribution is -2.06. The summed E-state index contributed by atoms with van der Waals surface area (Å²) in [6.07, 6.45) is 0.